The van der Waals surface area contributed by atoms with Crippen LogP contribution in [0.1, 0.15) is 55.7 Å². The molecule has 1 atom stereocenters. The van der Waals surface area contributed by atoms with Crippen LogP contribution in [-0.4, -0.2) is 28.5 Å². The van der Waals surface area contributed by atoms with E-state index < -0.39 is 17.6 Å². The van der Waals surface area contributed by atoms with E-state index in [1.54, 1.807) is 4.90 Å². The van der Waals surface area contributed by atoms with Gasteiger partial charge in [0.15, 0.2) is 5.76 Å². The summed E-state index contributed by atoms with van der Waals surface area (Å²) in [5, 5.41) is 10.6. The summed E-state index contributed by atoms with van der Waals surface area (Å²) >= 11 is 0. The number of alkyl halides is 3. The van der Waals surface area contributed by atoms with Crippen molar-refractivity contribution in [3.63, 3.8) is 0 Å². The molecule has 0 aromatic heterocycles. The fourth-order valence-electron chi connectivity index (χ4n) is 4.09. The smallest absolute Gasteiger partial charge is 0.416 e. The Morgan fingerprint density at radius 1 is 0.968 bits per heavy atom. The van der Waals surface area contributed by atoms with Crippen LogP contribution in [0.15, 0.2) is 60.4 Å². The minimum absolute atomic E-state index is 0.353. The minimum atomic E-state index is -4.43. The first kappa shape index (κ1) is 22.9. The van der Waals surface area contributed by atoms with Gasteiger partial charge in [-0.1, -0.05) is 68.7 Å². The molecule has 0 aliphatic carbocycles. The van der Waals surface area contributed by atoms with Crippen molar-refractivity contribution >= 4 is 11.5 Å². The van der Waals surface area contributed by atoms with Crippen LogP contribution < -0.4 is 0 Å². The van der Waals surface area contributed by atoms with Crippen molar-refractivity contribution in [1.82, 2.24) is 4.90 Å². The number of aliphatic hydroxyl groups is 1. The number of amides is 1. The van der Waals surface area contributed by atoms with Gasteiger partial charge in [-0.2, -0.15) is 13.2 Å². The zero-order valence-electron chi connectivity index (χ0n) is 17.7. The summed E-state index contributed by atoms with van der Waals surface area (Å²) in [6, 6.07) is 14.1. The predicted molar refractivity (Wildman–Crippen MR) is 115 cm³/mol. The molecule has 1 N–H and O–H groups in total. The van der Waals surface area contributed by atoms with Gasteiger partial charge < -0.3 is 10.0 Å². The summed E-state index contributed by atoms with van der Waals surface area (Å²) in [5.41, 5.74) is 1.23. The summed E-state index contributed by atoms with van der Waals surface area (Å²) in [4.78, 5) is 14.5. The standard InChI is InChI=1S/C25H28F3NO2/c1-2-3-4-8-17-29-21(16-11-18-9-6-5-7-10-18)22(23(30)24(29)31)19-12-14-20(15-13-19)25(26,27)28/h5-7,9-10,12-15,21,30H,2-4,8,11,16-17H2,1H3. The number of rotatable bonds is 9. The van der Waals surface area contributed by atoms with Crippen molar-refractivity contribution in [3.05, 3.63) is 77.0 Å². The Hall–Kier alpha value is -2.76. The molecule has 0 fully saturated rings. The molecule has 2 aromatic rings. The van der Waals surface area contributed by atoms with Gasteiger partial charge in [-0.05, 0) is 42.5 Å². The molecule has 0 radical (unpaired) electrons. The number of benzene rings is 2. The van der Waals surface area contributed by atoms with Crippen LogP contribution in [0, 0.1) is 0 Å². The number of unbranched alkanes of at least 4 members (excludes halogenated alkanes) is 3. The minimum Gasteiger partial charge on any atom is -0.503 e. The van der Waals surface area contributed by atoms with Crippen LogP contribution in [-0.2, 0) is 17.4 Å². The Morgan fingerprint density at radius 2 is 1.65 bits per heavy atom. The fourth-order valence-corrected chi connectivity index (χ4v) is 4.09. The van der Waals surface area contributed by atoms with Gasteiger partial charge in [0.25, 0.3) is 5.91 Å². The molecule has 6 heteroatoms. The van der Waals surface area contributed by atoms with E-state index in [1.165, 1.54) is 12.1 Å². The monoisotopic (exact) mass is 431 g/mol. The number of aliphatic hydroxyl groups excluding tert-OH is 1. The molecule has 1 aliphatic heterocycles. The van der Waals surface area contributed by atoms with Crippen LogP contribution in [0.3, 0.4) is 0 Å². The number of carbonyl (C=O) groups is 1. The van der Waals surface area contributed by atoms with Gasteiger partial charge in [-0.25, -0.2) is 0 Å². The van der Waals surface area contributed by atoms with Crippen molar-refractivity contribution < 1.29 is 23.1 Å². The first-order chi connectivity index (χ1) is 14.8. The average molecular weight is 431 g/mol. The number of halogens is 3. The SMILES string of the molecule is CCCCCCN1C(=O)C(O)=C(c2ccc(C(F)(F)F)cc2)C1CCc1ccccc1. The lowest BCUT2D eigenvalue weighted by atomic mass is 9.93. The third kappa shape index (κ3) is 5.49. The largest absolute Gasteiger partial charge is 0.503 e. The number of carbonyl (C=O) groups excluding carboxylic acids is 1. The quantitative estimate of drug-likeness (QED) is 0.467. The van der Waals surface area contributed by atoms with E-state index in [0.717, 1.165) is 43.4 Å². The van der Waals surface area contributed by atoms with E-state index in [1.807, 2.05) is 30.3 Å². The third-order valence-electron chi connectivity index (χ3n) is 5.75. The maximum absolute atomic E-state index is 13.0. The van der Waals surface area contributed by atoms with E-state index in [-0.39, 0.29) is 11.8 Å². The molecule has 1 amide bonds. The molecule has 1 aliphatic rings. The zero-order valence-corrected chi connectivity index (χ0v) is 17.7. The molecule has 3 nitrogen and oxygen atoms in total. The molecule has 3 rings (SSSR count). The topological polar surface area (TPSA) is 40.5 Å². The lowest BCUT2D eigenvalue weighted by molar-refractivity contribution is -0.137. The Morgan fingerprint density at radius 3 is 2.26 bits per heavy atom. The van der Waals surface area contributed by atoms with E-state index in [4.69, 9.17) is 0 Å². The molecule has 31 heavy (non-hydrogen) atoms. The molecule has 0 saturated carbocycles. The molecular formula is C25H28F3NO2. The van der Waals surface area contributed by atoms with Crippen molar-refractivity contribution in [2.75, 3.05) is 6.54 Å². The van der Waals surface area contributed by atoms with Crippen LogP contribution in [0.25, 0.3) is 5.57 Å². The van der Waals surface area contributed by atoms with Gasteiger partial charge in [0.1, 0.15) is 0 Å². The van der Waals surface area contributed by atoms with Crippen LogP contribution in [0.5, 0.6) is 0 Å². The highest BCUT2D eigenvalue weighted by atomic mass is 19.4. The van der Waals surface area contributed by atoms with Crippen molar-refractivity contribution in [2.45, 2.75) is 57.7 Å². The van der Waals surface area contributed by atoms with Gasteiger partial charge >= 0.3 is 6.18 Å². The maximum atomic E-state index is 13.0. The van der Waals surface area contributed by atoms with E-state index in [9.17, 15) is 23.1 Å². The molecule has 0 bridgehead atoms. The van der Waals surface area contributed by atoms with E-state index >= 15 is 0 Å². The molecule has 1 heterocycles. The highest BCUT2D eigenvalue weighted by Crippen LogP contribution is 2.37. The zero-order chi connectivity index (χ0) is 22.4. The second kappa shape index (κ2) is 10.0. The normalized spacial score (nSPS) is 17.0. The maximum Gasteiger partial charge on any atom is 0.416 e. The van der Waals surface area contributed by atoms with Crippen LogP contribution in [0.4, 0.5) is 13.2 Å². The summed E-state index contributed by atoms with van der Waals surface area (Å²) in [5.74, 6) is -0.794. The number of aryl methyl sites for hydroxylation is 1. The Labute approximate surface area is 181 Å². The summed E-state index contributed by atoms with van der Waals surface area (Å²) in [6.07, 6.45) is 0.814. The average Bonchev–Trinajstić information content (AvgIpc) is 2.99. The van der Waals surface area contributed by atoms with Gasteiger partial charge in [0.05, 0.1) is 11.6 Å². The van der Waals surface area contributed by atoms with Crippen molar-refractivity contribution in [3.8, 4) is 0 Å². The first-order valence-corrected chi connectivity index (χ1v) is 10.8. The van der Waals surface area contributed by atoms with Gasteiger partial charge in [0, 0.05) is 12.1 Å². The Balaban J connectivity index is 1.86. The second-order valence-electron chi connectivity index (χ2n) is 7.94. The van der Waals surface area contributed by atoms with E-state index in [2.05, 4.69) is 6.92 Å². The lowest BCUT2D eigenvalue weighted by Gasteiger charge is -2.27. The molecule has 1 unspecified atom stereocenters. The van der Waals surface area contributed by atoms with Gasteiger partial charge in [0.2, 0.25) is 0 Å². The highest BCUT2D eigenvalue weighted by molar-refractivity contribution is 6.05. The molecule has 0 saturated heterocycles. The molecular weight excluding hydrogens is 403 g/mol. The number of hydrogen-bond acceptors (Lipinski definition) is 2. The van der Waals surface area contributed by atoms with E-state index in [0.29, 0.717) is 30.5 Å². The Kier molecular flexibility index (Phi) is 7.42. The molecule has 166 valence electrons. The van der Waals surface area contributed by atoms with Gasteiger partial charge in [-0.3, -0.25) is 4.79 Å². The lowest BCUT2D eigenvalue weighted by Crippen LogP contribution is -2.36. The van der Waals surface area contributed by atoms with Crippen molar-refractivity contribution in [1.29, 1.82) is 0 Å². The van der Waals surface area contributed by atoms with Crippen LogP contribution >= 0.6 is 0 Å². The molecule has 2 aromatic carbocycles. The third-order valence-corrected chi connectivity index (χ3v) is 5.75. The van der Waals surface area contributed by atoms with Crippen molar-refractivity contribution in [2.24, 2.45) is 0 Å². The number of nitrogens with zero attached hydrogens (tertiary/aromatic N) is 1. The second-order valence-corrected chi connectivity index (χ2v) is 7.94. The number of hydrogen-bond donors (Lipinski definition) is 1. The summed E-state index contributed by atoms with van der Waals surface area (Å²) < 4.78 is 38.9. The van der Waals surface area contributed by atoms with Gasteiger partial charge in [-0.15, -0.1) is 0 Å². The summed E-state index contributed by atoms with van der Waals surface area (Å²) in [7, 11) is 0. The first-order valence-electron chi connectivity index (χ1n) is 10.8. The highest BCUT2D eigenvalue weighted by Gasteiger charge is 2.39. The fraction of sp³-hybridized carbons (Fsp3) is 0.400. The molecule has 0 spiro atoms. The van der Waals surface area contributed by atoms with Crippen LogP contribution in [0.2, 0.25) is 0 Å². The predicted octanol–water partition coefficient (Wildman–Crippen LogP) is 6.40. The summed E-state index contributed by atoms with van der Waals surface area (Å²) in [6.45, 7) is 2.63. The Bertz CT molecular complexity index is 905.